The highest BCUT2D eigenvalue weighted by molar-refractivity contribution is 7.92. The predicted molar refractivity (Wildman–Crippen MR) is 146 cm³/mol. The van der Waals surface area contributed by atoms with Gasteiger partial charge in [0, 0.05) is 36.3 Å². The van der Waals surface area contributed by atoms with Crippen molar-refractivity contribution in [3.05, 3.63) is 52.6 Å². The highest BCUT2D eigenvalue weighted by Crippen LogP contribution is 2.54. The number of fused-ring (bicyclic) bond motifs is 1. The van der Waals surface area contributed by atoms with Crippen molar-refractivity contribution in [3.63, 3.8) is 0 Å². The van der Waals surface area contributed by atoms with Crippen LogP contribution in [0.2, 0.25) is 0 Å². The molecule has 0 atom stereocenters. The molecule has 0 aromatic heterocycles. The second-order valence-electron chi connectivity index (χ2n) is 10.6. The molecule has 2 aliphatic heterocycles. The first kappa shape index (κ1) is 24.7. The van der Waals surface area contributed by atoms with Gasteiger partial charge in [-0.3, -0.25) is 9.52 Å². The minimum Gasteiger partial charge on any atom is -0.492 e. The number of amides is 1. The molecule has 0 bridgehead atoms. The van der Waals surface area contributed by atoms with E-state index in [0.29, 0.717) is 23.3 Å². The average Bonchev–Trinajstić information content (AvgIpc) is 3.40. The maximum atomic E-state index is 13.6. The standard InChI is InChI=1S/C28H35N3O4S/c1-4-36(33,34)30-22-5-6-24(25(18-22)31-12-10-28(8-9-28)11-13-31)27(32)29-23-16-20-7-14-35-26(20)21(17-23)15-19(2)3/h5-6,15-18,30H,4,7-14H2,1-3H3,(H,29,32). The summed E-state index contributed by atoms with van der Waals surface area (Å²) in [7, 11) is -3.42. The molecule has 1 amide bonds. The van der Waals surface area contributed by atoms with Crippen LogP contribution in [0.4, 0.5) is 17.1 Å². The second kappa shape index (κ2) is 9.47. The topological polar surface area (TPSA) is 87.7 Å². The van der Waals surface area contributed by atoms with Gasteiger partial charge in [-0.05, 0) is 82.2 Å². The van der Waals surface area contributed by atoms with Crippen molar-refractivity contribution in [1.29, 1.82) is 0 Å². The highest BCUT2D eigenvalue weighted by atomic mass is 32.2. The number of piperidine rings is 1. The van der Waals surface area contributed by atoms with Gasteiger partial charge in [-0.2, -0.15) is 0 Å². The van der Waals surface area contributed by atoms with Crippen LogP contribution in [0.1, 0.15) is 67.9 Å². The lowest BCUT2D eigenvalue weighted by Gasteiger charge is -2.35. The molecule has 5 rings (SSSR count). The number of carbonyl (C=O) groups excluding carboxylic acids is 1. The smallest absolute Gasteiger partial charge is 0.257 e. The van der Waals surface area contributed by atoms with Crippen LogP contribution in [0.3, 0.4) is 0 Å². The Hall–Kier alpha value is -3.00. The van der Waals surface area contributed by atoms with Crippen molar-refractivity contribution in [2.75, 3.05) is 40.4 Å². The molecule has 36 heavy (non-hydrogen) atoms. The Kier molecular flexibility index (Phi) is 6.49. The summed E-state index contributed by atoms with van der Waals surface area (Å²) in [6, 6.07) is 9.15. The summed E-state index contributed by atoms with van der Waals surface area (Å²) in [6.07, 6.45) is 7.68. The fourth-order valence-electron chi connectivity index (χ4n) is 5.23. The molecule has 2 fully saturated rings. The number of nitrogens with zero attached hydrogens (tertiary/aromatic N) is 1. The zero-order chi connectivity index (χ0) is 25.5. The fourth-order valence-corrected chi connectivity index (χ4v) is 5.86. The van der Waals surface area contributed by atoms with Crippen LogP contribution < -0.4 is 19.7 Å². The number of hydrogen-bond acceptors (Lipinski definition) is 5. The minimum atomic E-state index is -3.42. The Balaban J connectivity index is 1.45. The number of benzene rings is 2. The Labute approximate surface area is 214 Å². The number of anilines is 3. The van der Waals surface area contributed by atoms with E-state index >= 15 is 0 Å². The maximum absolute atomic E-state index is 13.6. The van der Waals surface area contributed by atoms with E-state index in [1.165, 1.54) is 12.8 Å². The summed E-state index contributed by atoms with van der Waals surface area (Å²) in [5.74, 6) is 0.681. The molecule has 2 aromatic carbocycles. The summed E-state index contributed by atoms with van der Waals surface area (Å²) in [6.45, 7) is 8.06. The van der Waals surface area contributed by atoms with Gasteiger partial charge >= 0.3 is 0 Å². The Morgan fingerprint density at radius 2 is 1.83 bits per heavy atom. The summed E-state index contributed by atoms with van der Waals surface area (Å²) in [4.78, 5) is 15.8. The molecule has 192 valence electrons. The molecule has 2 N–H and O–H groups in total. The van der Waals surface area contributed by atoms with E-state index in [4.69, 9.17) is 4.74 Å². The molecule has 2 aromatic rings. The van der Waals surface area contributed by atoms with Gasteiger partial charge in [0.25, 0.3) is 5.91 Å². The number of carbonyl (C=O) groups is 1. The van der Waals surface area contributed by atoms with E-state index in [9.17, 15) is 13.2 Å². The molecule has 3 aliphatic rings. The van der Waals surface area contributed by atoms with Gasteiger partial charge in [-0.1, -0.05) is 11.6 Å². The van der Waals surface area contributed by atoms with E-state index in [2.05, 4.69) is 21.0 Å². The lowest BCUT2D eigenvalue weighted by atomic mass is 9.93. The zero-order valence-corrected chi connectivity index (χ0v) is 22.1. The molecule has 0 radical (unpaired) electrons. The highest BCUT2D eigenvalue weighted by Gasteiger charge is 2.44. The molecular formula is C28H35N3O4S. The monoisotopic (exact) mass is 509 g/mol. The van der Waals surface area contributed by atoms with Crippen molar-refractivity contribution < 1.29 is 17.9 Å². The number of rotatable bonds is 7. The zero-order valence-electron chi connectivity index (χ0n) is 21.3. The SMILES string of the molecule is CCS(=O)(=O)Nc1ccc(C(=O)Nc2cc(C=C(C)C)c3c(c2)CCO3)c(N2CCC3(CC2)CC3)c1. The van der Waals surface area contributed by atoms with Gasteiger partial charge in [0.2, 0.25) is 10.0 Å². The first-order chi connectivity index (χ1) is 17.2. The third-order valence-electron chi connectivity index (χ3n) is 7.53. The Morgan fingerprint density at radius 1 is 1.08 bits per heavy atom. The van der Waals surface area contributed by atoms with Crippen LogP contribution in [0, 0.1) is 5.41 Å². The van der Waals surface area contributed by atoms with Crippen molar-refractivity contribution in [3.8, 4) is 5.75 Å². The maximum Gasteiger partial charge on any atom is 0.257 e. The molecule has 1 saturated heterocycles. The lowest BCUT2D eigenvalue weighted by Crippen LogP contribution is -2.35. The van der Waals surface area contributed by atoms with E-state index in [1.54, 1.807) is 25.1 Å². The molecule has 1 spiro atoms. The molecule has 1 aliphatic carbocycles. The number of allylic oxidation sites excluding steroid dienone is 1. The Morgan fingerprint density at radius 3 is 2.50 bits per heavy atom. The van der Waals surface area contributed by atoms with Crippen LogP contribution in [0.15, 0.2) is 35.9 Å². The van der Waals surface area contributed by atoms with Gasteiger partial charge in [0.05, 0.1) is 29.3 Å². The third kappa shape index (κ3) is 5.24. The van der Waals surface area contributed by atoms with Gasteiger partial charge < -0.3 is 15.0 Å². The molecule has 0 unspecified atom stereocenters. The number of hydrogen-bond donors (Lipinski definition) is 2. The van der Waals surface area contributed by atoms with Crippen LogP contribution in [0.25, 0.3) is 6.08 Å². The van der Waals surface area contributed by atoms with E-state index < -0.39 is 10.0 Å². The van der Waals surface area contributed by atoms with Gasteiger partial charge in [0.15, 0.2) is 0 Å². The van der Waals surface area contributed by atoms with Crippen molar-refractivity contribution >= 4 is 39.1 Å². The van der Waals surface area contributed by atoms with Crippen molar-refractivity contribution in [2.24, 2.45) is 5.41 Å². The number of sulfonamides is 1. The molecule has 8 heteroatoms. The summed E-state index contributed by atoms with van der Waals surface area (Å²) in [5.41, 5.74) is 6.24. The summed E-state index contributed by atoms with van der Waals surface area (Å²) in [5, 5.41) is 3.10. The van der Waals surface area contributed by atoms with Gasteiger partial charge in [-0.15, -0.1) is 0 Å². The third-order valence-corrected chi connectivity index (χ3v) is 8.84. The van der Waals surface area contributed by atoms with E-state index in [-0.39, 0.29) is 11.7 Å². The van der Waals surface area contributed by atoms with Crippen LogP contribution in [-0.2, 0) is 16.4 Å². The lowest BCUT2D eigenvalue weighted by molar-refractivity contribution is 0.102. The molecule has 7 nitrogen and oxygen atoms in total. The van der Waals surface area contributed by atoms with Crippen molar-refractivity contribution in [1.82, 2.24) is 0 Å². The average molecular weight is 510 g/mol. The quantitative estimate of drug-likeness (QED) is 0.519. The predicted octanol–water partition coefficient (Wildman–Crippen LogP) is 5.44. The molecular weight excluding hydrogens is 474 g/mol. The largest absolute Gasteiger partial charge is 0.492 e. The molecule has 1 saturated carbocycles. The minimum absolute atomic E-state index is 0.00708. The van der Waals surface area contributed by atoms with Crippen molar-refractivity contribution in [2.45, 2.75) is 52.9 Å². The van der Waals surface area contributed by atoms with Gasteiger partial charge in [0.1, 0.15) is 5.75 Å². The summed E-state index contributed by atoms with van der Waals surface area (Å²) < 4.78 is 32.9. The molecule has 2 heterocycles. The van der Waals surface area contributed by atoms with E-state index in [0.717, 1.165) is 66.2 Å². The first-order valence-corrected chi connectivity index (χ1v) is 14.5. The number of ether oxygens (including phenoxy) is 1. The fraction of sp³-hybridized carbons (Fsp3) is 0.464. The van der Waals surface area contributed by atoms with Crippen LogP contribution in [-0.4, -0.2) is 39.8 Å². The van der Waals surface area contributed by atoms with Crippen LogP contribution >= 0.6 is 0 Å². The number of nitrogens with one attached hydrogen (secondary N) is 2. The first-order valence-electron chi connectivity index (χ1n) is 12.8. The van der Waals surface area contributed by atoms with Gasteiger partial charge in [-0.25, -0.2) is 8.42 Å². The summed E-state index contributed by atoms with van der Waals surface area (Å²) >= 11 is 0. The Bertz CT molecular complexity index is 1310. The van der Waals surface area contributed by atoms with Crippen LogP contribution in [0.5, 0.6) is 5.75 Å². The second-order valence-corrected chi connectivity index (χ2v) is 12.6. The normalized spacial score (nSPS) is 17.8. The van der Waals surface area contributed by atoms with E-state index in [1.807, 2.05) is 26.0 Å².